The van der Waals surface area contributed by atoms with Crippen molar-refractivity contribution in [1.82, 2.24) is 30.4 Å². The largest absolute Gasteiger partial charge is 0.450 e. The van der Waals surface area contributed by atoms with Crippen LogP contribution in [0.4, 0.5) is 4.79 Å². The number of rotatable bonds is 5. The van der Waals surface area contributed by atoms with Crippen molar-refractivity contribution in [1.29, 1.82) is 0 Å². The maximum absolute atomic E-state index is 13.3. The number of amides is 2. The van der Waals surface area contributed by atoms with Gasteiger partial charge in [0, 0.05) is 29.4 Å². The zero-order valence-corrected chi connectivity index (χ0v) is 19.5. The molecule has 0 aliphatic carbocycles. The molecule has 5 rings (SSSR count). The Kier molecular flexibility index (Phi) is 6.22. The van der Waals surface area contributed by atoms with Crippen LogP contribution in [0.25, 0.3) is 26.9 Å². The lowest BCUT2D eigenvalue weighted by Crippen LogP contribution is -2.46. The monoisotopic (exact) mass is 476 g/mol. The highest BCUT2D eigenvalue weighted by Gasteiger charge is 2.25. The molecule has 3 heterocycles. The second kappa shape index (κ2) is 9.60. The Bertz CT molecular complexity index is 1310. The van der Waals surface area contributed by atoms with E-state index in [1.165, 1.54) is 6.33 Å². The van der Waals surface area contributed by atoms with E-state index in [-0.39, 0.29) is 18.0 Å². The molecule has 1 aliphatic rings. The van der Waals surface area contributed by atoms with Gasteiger partial charge in [0.2, 0.25) is 0 Å². The van der Waals surface area contributed by atoms with Crippen LogP contribution >= 0.6 is 11.3 Å². The molecule has 4 aromatic rings. The zero-order valence-electron chi connectivity index (χ0n) is 18.7. The quantitative estimate of drug-likeness (QED) is 0.469. The topological polar surface area (TPSA) is 102 Å². The second-order valence-electron chi connectivity index (χ2n) is 8.10. The maximum atomic E-state index is 13.3. The number of hydrogen-bond donors (Lipinski definition) is 1. The summed E-state index contributed by atoms with van der Waals surface area (Å²) in [7, 11) is 0. The summed E-state index contributed by atoms with van der Waals surface area (Å²) in [5.74, 6) is -0.163. The van der Waals surface area contributed by atoms with Crippen molar-refractivity contribution in [3.05, 3.63) is 59.7 Å². The van der Waals surface area contributed by atoms with Gasteiger partial charge in [0.1, 0.15) is 6.33 Å². The average molecular weight is 477 g/mol. The first kappa shape index (κ1) is 22.0. The molecule has 1 aliphatic heterocycles. The van der Waals surface area contributed by atoms with E-state index in [0.717, 1.165) is 21.2 Å². The number of thiophene rings is 1. The normalized spacial score (nSPS) is 14.3. The average Bonchev–Trinajstić information content (AvgIpc) is 3.56. The number of piperidine rings is 1. The van der Waals surface area contributed by atoms with Crippen LogP contribution in [-0.2, 0) is 4.74 Å². The van der Waals surface area contributed by atoms with Gasteiger partial charge >= 0.3 is 6.09 Å². The summed E-state index contributed by atoms with van der Waals surface area (Å²) < 4.78 is 7.79. The number of tetrazole rings is 1. The van der Waals surface area contributed by atoms with Crippen LogP contribution in [-0.4, -0.2) is 62.8 Å². The van der Waals surface area contributed by atoms with Crippen LogP contribution in [0, 0.1) is 0 Å². The molecule has 1 saturated heterocycles. The molecule has 1 fully saturated rings. The van der Waals surface area contributed by atoms with Gasteiger partial charge < -0.3 is 15.0 Å². The predicted molar refractivity (Wildman–Crippen MR) is 129 cm³/mol. The fraction of sp³-hybridized carbons (Fsp3) is 0.292. The number of benzene rings is 2. The number of hydrogen-bond acceptors (Lipinski definition) is 7. The minimum atomic E-state index is -0.297. The SMILES string of the molecule is CCOC(=O)N1CCC(NC(=O)c2cc(-c3cccc4ccsc34)cc(-n3cnnn3)c2)CC1. The van der Waals surface area contributed by atoms with Gasteiger partial charge in [-0.2, -0.15) is 0 Å². The number of likely N-dealkylation sites (tertiary alicyclic amines) is 1. The van der Waals surface area contributed by atoms with Gasteiger partial charge in [0.15, 0.2) is 0 Å². The molecule has 0 spiro atoms. The predicted octanol–water partition coefficient (Wildman–Crippen LogP) is 3.89. The summed E-state index contributed by atoms with van der Waals surface area (Å²) in [5.41, 5.74) is 3.21. The molecule has 2 amide bonds. The van der Waals surface area contributed by atoms with Gasteiger partial charge in [-0.15, -0.1) is 16.4 Å². The van der Waals surface area contributed by atoms with E-state index in [1.807, 2.05) is 18.2 Å². The molecule has 2 aromatic carbocycles. The van der Waals surface area contributed by atoms with Crippen molar-refractivity contribution in [3.63, 3.8) is 0 Å². The summed E-state index contributed by atoms with van der Waals surface area (Å²) in [6.07, 6.45) is 2.57. The molecule has 0 radical (unpaired) electrons. The van der Waals surface area contributed by atoms with Gasteiger partial charge in [-0.1, -0.05) is 18.2 Å². The van der Waals surface area contributed by atoms with Crippen LogP contribution in [0.2, 0.25) is 0 Å². The lowest BCUT2D eigenvalue weighted by Gasteiger charge is -2.31. The third kappa shape index (κ3) is 4.49. The number of fused-ring (bicyclic) bond motifs is 1. The van der Waals surface area contributed by atoms with Crippen molar-refractivity contribution in [3.8, 4) is 16.8 Å². The van der Waals surface area contributed by atoms with Crippen molar-refractivity contribution < 1.29 is 14.3 Å². The Labute approximate surface area is 200 Å². The maximum Gasteiger partial charge on any atom is 0.409 e. The van der Waals surface area contributed by atoms with Crippen molar-refractivity contribution >= 4 is 33.4 Å². The van der Waals surface area contributed by atoms with Crippen LogP contribution in [0.1, 0.15) is 30.1 Å². The van der Waals surface area contributed by atoms with Crippen molar-refractivity contribution in [2.45, 2.75) is 25.8 Å². The van der Waals surface area contributed by atoms with Gasteiger partial charge in [0.25, 0.3) is 5.91 Å². The van der Waals surface area contributed by atoms with Crippen LogP contribution < -0.4 is 5.32 Å². The van der Waals surface area contributed by atoms with Gasteiger partial charge in [-0.25, -0.2) is 9.48 Å². The van der Waals surface area contributed by atoms with Gasteiger partial charge in [-0.3, -0.25) is 4.79 Å². The molecule has 0 bridgehead atoms. The number of ether oxygens (including phenoxy) is 1. The zero-order chi connectivity index (χ0) is 23.5. The standard InChI is InChI=1S/C24H24N6O3S/c1-2-33-24(32)29-9-6-19(7-10-29)26-23(31)18-12-17(13-20(14-18)30-15-25-27-28-30)21-5-3-4-16-8-11-34-22(16)21/h3-5,8,11-15,19H,2,6-7,9-10H2,1H3,(H,26,31). The highest BCUT2D eigenvalue weighted by atomic mass is 32.1. The van der Waals surface area contributed by atoms with Crippen LogP contribution in [0.5, 0.6) is 0 Å². The number of carbonyl (C=O) groups excluding carboxylic acids is 2. The summed E-state index contributed by atoms with van der Waals surface area (Å²) in [6, 6.07) is 13.9. The molecule has 10 heteroatoms. The number of nitrogens with zero attached hydrogens (tertiary/aromatic N) is 5. The summed E-state index contributed by atoms with van der Waals surface area (Å²) in [4.78, 5) is 26.9. The fourth-order valence-electron chi connectivity index (χ4n) is 4.22. The fourth-order valence-corrected chi connectivity index (χ4v) is 5.16. The molecule has 34 heavy (non-hydrogen) atoms. The summed E-state index contributed by atoms with van der Waals surface area (Å²) in [5, 5.41) is 17.8. The summed E-state index contributed by atoms with van der Waals surface area (Å²) >= 11 is 1.67. The van der Waals surface area contributed by atoms with E-state index in [4.69, 9.17) is 4.74 Å². The Morgan fingerprint density at radius 3 is 2.79 bits per heavy atom. The third-order valence-electron chi connectivity index (χ3n) is 5.94. The van der Waals surface area contributed by atoms with E-state index in [9.17, 15) is 9.59 Å². The van der Waals surface area contributed by atoms with Crippen LogP contribution in [0.15, 0.2) is 54.2 Å². The van der Waals surface area contributed by atoms with Crippen LogP contribution in [0.3, 0.4) is 0 Å². The highest BCUT2D eigenvalue weighted by Crippen LogP contribution is 2.34. The van der Waals surface area contributed by atoms with E-state index in [1.54, 1.807) is 33.9 Å². The molecule has 1 N–H and O–H groups in total. The third-order valence-corrected chi connectivity index (χ3v) is 6.90. The molecule has 2 aromatic heterocycles. The van der Waals surface area contributed by atoms with E-state index < -0.39 is 0 Å². The Morgan fingerprint density at radius 2 is 2.03 bits per heavy atom. The first-order valence-electron chi connectivity index (χ1n) is 11.2. The Hall–Kier alpha value is -3.79. The number of nitrogens with one attached hydrogen (secondary N) is 1. The van der Waals surface area contributed by atoms with E-state index in [0.29, 0.717) is 43.8 Å². The lowest BCUT2D eigenvalue weighted by molar-refractivity contribution is 0.0860. The van der Waals surface area contributed by atoms with Crippen molar-refractivity contribution in [2.75, 3.05) is 19.7 Å². The molecule has 0 atom stereocenters. The van der Waals surface area contributed by atoms with Crippen molar-refractivity contribution in [2.24, 2.45) is 0 Å². The minimum absolute atomic E-state index is 0.0148. The first-order valence-corrected chi connectivity index (χ1v) is 12.1. The Balaban J connectivity index is 1.41. The smallest absolute Gasteiger partial charge is 0.409 e. The number of carbonyl (C=O) groups is 2. The molecular formula is C24H24N6O3S. The lowest BCUT2D eigenvalue weighted by atomic mass is 9.99. The summed E-state index contributed by atoms with van der Waals surface area (Å²) in [6.45, 7) is 3.26. The molecule has 174 valence electrons. The molecule has 0 saturated carbocycles. The van der Waals surface area contributed by atoms with E-state index in [2.05, 4.69) is 44.4 Å². The van der Waals surface area contributed by atoms with E-state index >= 15 is 0 Å². The Morgan fingerprint density at radius 1 is 1.18 bits per heavy atom. The number of aromatic nitrogens is 4. The van der Waals surface area contributed by atoms with Gasteiger partial charge in [0.05, 0.1) is 12.3 Å². The molecular weight excluding hydrogens is 452 g/mol. The second-order valence-corrected chi connectivity index (χ2v) is 9.02. The van der Waals surface area contributed by atoms with Gasteiger partial charge in [-0.05, 0) is 76.4 Å². The molecule has 9 nitrogen and oxygen atoms in total. The first-order chi connectivity index (χ1) is 16.6. The highest BCUT2D eigenvalue weighted by molar-refractivity contribution is 7.17. The minimum Gasteiger partial charge on any atom is -0.450 e. The molecule has 0 unspecified atom stereocenters.